The average molecular weight is 376 g/mol. The van der Waals surface area contributed by atoms with Crippen LogP contribution in [0, 0.1) is 5.92 Å². The van der Waals surface area contributed by atoms with Crippen molar-refractivity contribution in [3.63, 3.8) is 0 Å². The molecule has 0 saturated heterocycles. The molecule has 2 rings (SSSR count). The van der Waals surface area contributed by atoms with E-state index in [1.54, 1.807) is 4.52 Å². The molecule has 0 radical (unpaired) electrons. The van der Waals surface area contributed by atoms with Gasteiger partial charge in [0.05, 0.1) is 7.11 Å². The molecular formula is C18H28N6O3. The molecule has 1 amide bonds. The van der Waals surface area contributed by atoms with Crippen LogP contribution in [0.3, 0.4) is 0 Å². The molecule has 2 aromatic rings. The number of methoxy groups -OCH3 is 1. The van der Waals surface area contributed by atoms with Gasteiger partial charge in [-0.05, 0) is 31.9 Å². The topological polar surface area (TPSA) is 102 Å². The number of fused-ring (bicyclic) bond motifs is 1. The average Bonchev–Trinajstić information content (AvgIpc) is 3.07. The van der Waals surface area contributed by atoms with Crippen molar-refractivity contribution < 1.29 is 14.3 Å². The van der Waals surface area contributed by atoms with Crippen molar-refractivity contribution in [3.05, 3.63) is 18.0 Å². The van der Waals surface area contributed by atoms with Crippen LogP contribution in [0.2, 0.25) is 0 Å². The molecule has 0 saturated carbocycles. The van der Waals surface area contributed by atoms with Crippen LogP contribution in [0.4, 0.5) is 5.82 Å². The number of nitrogens with one attached hydrogen (secondary N) is 1. The Morgan fingerprint density at radius 1 is 1.22 bits per heavy atom. The third-order valence-electron chi connectivity index (χ3n) is 4.41. The van der Waals surface area contributed by atoms with E-state index < -0.39 is 12.0 Å². The molecule has 9 heteroatoms. The summed E-state index contributed by atoms with van der Waals surface area (Å²) in [6, 6.07) is 3.12. The van der Waals surface area contributed by atoms with E-state index in [0.717, 1.165) is 18.9 Å². The molecule has 1 atom stereocenters. The molecular weight excluding hydrogens is 348 g/mol. The third kappa shape index (κ3) is 4.93. The van der Waals surface area contributed by atoms with Gasteiger partial charge in [0.1, 0.15) is 11.9 Å². The Morgan fingerprint density at radius 3 is 2.52 bits per heavy atom. The second kappa shape index (κ2) is 9.29. The van der Waals surface area contributed by atoms with Gasteiger partial charge in [-0.1, -0.05) is 13.8 Å². The predicted octanol–water partition coefficient (Wildman–Crippen LogP) is 1.22. The summed E-state index contributed by atoms with van der Waals surface area (Å²) < 4.78 is 6.41. The van der Waals surface area contributed by atoms with Gasteiger partial charge >= 0.3 is 5.97 Å². The maximum Gasteiger partial charge on any atom is 0.328 e. The molecule has 0 spiro atoms. The highest BCUT2D eigenvalue weighted by Crippen LogP contribution is 2.13. The van der Waals surface area contributed by atoms with E-state index in [4.69, 9.17) is 4.74 Å². The lowest BCUT2D eigenvalue weighted by Gasteiger charge is -2.20. The number of ether oxygens (including phenoxy) is 1. The molecule has 0 aliphatic carbocycles. The number of rotatable bonds is 9. The molecule has 0 aliphatic heterocycles. The molecule has 9 nitrogen and oxygen atoms in total. The zero-order valence-electron chi connectivity index (χ0n) is 16.6. The zero-order valence-corrected chi connectivity index (χ0v) is 16.6. The van der Waals surface area contributed by atoms with Crippen LogP contribution in [0.5, 0.6) is 0 Å². The predicted molar refractivity (Wildman–Crippen MR) is 101 cm³/mol. The molecule has 0 aliphatic rings. The van der Waals surface area contributed by atoms with Crippen LogP contribution < -0.4 is 10.2 Å². The summed E-state index contributed by atoms with van der Waals surface area (Å²) in [5.74, 6) is 0.693. The van der Waals surface area contributed by atoms with Crippen LogP contribution in [0.1, 0.15) is 39.9 Å². The second-order valence-corrected chi connectivity index (χ2v) is 6.56. The van der Waals surface area contributed by atoms with Crippen LogP contribution in [-0.4, -0.2) is 57.9 Å². The largest absolute Gasteiger partial charge is 0.467 e. The van der Waals surface area contributed by atoms with E-state index in [1.807, 2.05) is 26.0 Å². The molecule has 0 unspecified atom stereocenters. The van der Waals surface area contributed by atoms with E-state index in [9.17, 15) is 9.59 Å². The van der Waals surface area contributed by atoms with E-state index >= 15 is 0 Å². The maximum absolute atomic E-state index is 12.3. The van der Waals surface area contributed by atoms with Crippen molar-refractivity contribution in [1.82, 2.24) is 25.1 Å². The molecule has 0 aromatic carbocycles. The Bertz CT molecular complexity index is 784. The van der Waals surface area contributed by atoms with Gasteiger partial charge < -0.3 is 15.0 Å². The van der Waals surface area contributed by atoms with Gasteiger partial charge in [-0.15, -0.1) is 15.3 Å². The summed E-state index contributed by atoms with van der Waals surface area (Å²) in [4.78, 5) is 26.2. The first kappa shape index (κ1) is 20.6. The molecule has 0 fully saturated rings. The van der Waals surface area contributed by atoms with Crippen molar-refractivity contribution in [1.29, 1.82) is 0 Å². The third-order valence-corrected chi connectivity index (χ3v) is 4.41. The highest BCUT2D eigenvalue weighted by molar-refractivity contribution is 5.84. The van der Waals surface area contributed by atoms with Crippen LogP contribution in [0.15, 0.2) is 12.1 Å². The summed E-state index contributed by atoms with van der Waals surface area (Å²) in [7, 11) is 1.31. The monoisotopic (exact) mass is 376 g/mol. The summed E-state index contributed by atoms with van der Waals surface area (Å²) in [5.41, 5.74) is 0.635. The molecule has 27 heavy (non-hydrogen) atoms. The Morgan fingerprint density at radius 2 is 1.93 bits per heavy atom. The lowest BCUT2D eigenvalue weighted by molar-refractivity contribution is -0.146. The fraction of sp³-hybridized carbons (Fsp3) is 0.611. The van der Waals surface area contributed by atoms with E-state index in [-0.39, 0.29) is 18.2 Å². The minimum atomic E-state index is -0.662. The van der Waals surface area contributed by atoms with E-state index in [1.165, 1.54) is 7.11 Å². The molecule has 1 N–H and O–H groups in total. The number of carbonyl (C=O) groups excluding carboxylic acids is 2. The minimum Gasteiger partial charge on any atom is -0.467 e. The molecule has 2 heterocycles. The molecule has 0 bridgehead atoms. The first-order chi connectivity index (χ1) is 12.9. The highest BCUT2D eigenvalue weighted by Gasteiger charge is 2.25. The summed E-state index contributed by atoms with van der Waals surface area (Å²) in [6.07, 6.45) is 0.547. The standard InChI is InChI=1S/C18H28N6O3/c1-6-23(7-2)15-9-8-13-20-21-14(24(13)22-15)10-11-16(25)19-17(12(3)4)18(26)27-5/h8-9,12,17H,6-7,10-11H2,1-5H3,(H,19,25)/t17-/m0/s1. The lowest BCUT2D eigenvalue weighted by atomic mass is 10.0. The number of nitrogens with zero attached hydrogens (tertiary/aromatic N) is 5. The van der Waals surface area contributed by atoms with Gasteiger partial charge in [0.15, 0.2) is 11.5 Å². The number of amides is 1. The molecule has 148 valence electrons. The number of esters is 1. The summed E-state index contributed by atoms with van der Waals surface area (Å²) in [6.45, 7) is 9.54. The van der Waals surface area contributed by atoms with E-state index in [0.29, 0.717) is 17.9 Å². The van der Waals surface area contributed by atoms with Gasteiger partial charge in [-0.2, -0.15) is 4.52 Å². The van der Waals surface area contributed by atoms with Crippen molar-refractivity contribution in [3.8, 4) is 0 Å². The maximum atomic E-state index is 12.3. The Kier molecular flexibility index (Phi) is 7.09. The smallest absolute Gasteiger partial charge is 0.328 e. The van der Waals surface area contributed by atoms with E-state index in [2.05, 4.69) is 39.4 Å². The Balaban J connectivity index is 2.08. The van der Waals surface area contributed by atoms with Crippen LogP contribution in [-0.2, 0) is 20.7 Å². The normalized spacial score (nSPS) is 12.2. The number of aryl methyl sites for hydroxylation is 1. The summed E-state index contributed by atoms with van der Waals surface area (Å²) >= 11 is 0. The Hall–Kier alpha value is -2.71. The second-order valence-electron chi connectivity index (χ2n) is 6.56. The van der Waals surface area contributed by atoms with Crippen molar-refractivity contribution in [2.75, 3.05) is 25.1 Å². The highest BCUT2D eigenvalue weighted by atomic mass is 16.5. The van der Waals surface area contributed by atoms with Crippen molar-refractivity contribution in [2.45, 2.75) is 46.6 Å². The van der Waals surface area contributed by atoms with Gasteiger partial charge in [0.2, 0.25) is 5.91 Å². The number of anilines is 1. The Labute approximate surface area is 159 Å². The molecule has 2 aromatic heterocycles. The van der Waals surface area contributed by atoms with Gasteiger partial charge in [-0.25, -0.2) is 4.79 Å². The van der Waals surface area contributed by atoms with Crippen LogP contribution in [0.25, 0.3) is 5.65 Å². The fourth-order valence-corrected chi connectivity index (χ4v) is 2.79. The number of carbonyl (C=O) groups is 2. The van der Waals surface area contributed by atoms with Crippen molar-refractivity contribution >= 4 is 23.3 Å². The van der Waals surface area contributed by atoms with Crippen LogP contribution >= 0.6 is 0 Å². The number of hydrogen-bond donors (Lipinski definition) is 1. The first-order valence-corrected chi connectivity index (χ1v) is 9.24. The zero-order chi connectivity index (χ0) is 20.0. The van der Waals surface area contributed by atoms with Gasteiger partial charge in [-0.3, -0.25) is 4.79 Å². The number of aromatic nitrogens is 4. The lowest BCUT2D eigenvalue weighted by Crippen LogP contribution is -2.45. The number of hydrogen-bond acceptors (Lipinski definition) is 7. The minimum absolute atomic E-state index is 0.0615. The quantitative estimate of drug-likeness (QED) is 0.657. The fourth-order valence-electron chi connectivity index (χ4n) is 2.79. The SMILES string of the molecule is CCN(CC)c1ccc2nnc(CCC(=O)N[C@H](C(=O)OC)C(C)C)n2n1. The van der Waals surface area contributed by atoms with Crippen molar-refractivity contribution in [2.24, 2.45) is 5.92 Å². The summed E-state index contributed by atoms with van der Waals surface area (Å²) in [5, 5.41) is 15.6. The first-order valence-electron chi connectivity index (χ1n) is 9.24. The van der Waals surface area contributed by atoms with Gasteiger partial charge in [0, 0.05) is 25.9 Å². The van der Waals surface area contributed by atoms with Gasteiger partial charge in [0.25, 0.3) is 0 Å².